The molecule has 0 aromatic rings. The average molecular weight is 1190 g/mol. The zero-order valence-corrected chi connectivity index (χ0v) is 48.3. The number of rotatable bonds is 11. The molecule has 31 atom stereocenters. The molecule has 5 saturated heterocycles. The molecule has 0 aromatic carbocycles. The van der Waals surface area contributed by atoms with Gasteiger partial charge in [0.1, 0.15) is 90.9 Å². The van der Waals surface area contributed by atoms with E-state index in [4.69, 9.17) is 47.4 Å². The Labute approximate surface area is 481 Å². The fourth-order valence-corrected chi connectivity index (χ4v) is 17.2. The first-order valence-corrected chi connectivity index (χ1v) is 29.5. The Morgan fingerprint density at radius 1 is 0.542 bits per heavy atom. The number of carbonyl (C=O) groups excluding carboxylic acids is 1. The first-order valence-electron chi connectivity index (χ1n) is 29.5. The summed E-state index contributed by atoms with van der Waals surface area (Å²) in [5.74, 6) is -2.64. The third-order valence-electron chi connectivity index (χ3n) is 22.3. The molecule has 10 rings (SSSR count). The van der Waals surface area contributed by atoms with Crippen LogP contribution in [0, 0.1) is 50.2 Å². The Morgan fingerprint density at radius 3 is 1.80 bits per heavy atom. The normalized spacial score (nSPS) is 54.2. The molecule has 0 aromatic heterocycles. The molecule has 0 radical (unpaired) electrons. The minimum Gasteiger partial charge on any atom is -0.479 e. The zero-order valence-electron chi connectivity index (χ0n) is 48.3. The Morgan fingerprint density at radius 2 is 1.12 bits per heavy atom. The van der Waals surface area contributed by atoms with Gasteiger partial charge in [-0.15, -0.1) is 0 Å². The fourth-order valence-electron chi connectivity index (χ4n) is 17.2. The maximum absolute atomic E-state index is 15.4. The number of esters is 1. The van der Waals surface area contributed by atoms with Crippen molar-refractivity contribution in [1.82, 2.24) is 0 Å². The van der Waals surface area contributed by atoms with E-state index in [1.54, 1.807) is 0 Å². The van der Waals surface area contributed by atoms with Gasteiger partial charge in [0.05, 0.1) is 38.1 Å². The summed E-state index contributed by atoms with van der Waals surface area (Å²) in [6.45, 7) is 15.4. The van der Waals surface area contributed by atoms with Crippen molar-refractivity contribution in [2.75, 3.05) is 19.8 Å². The van der Waals surface area contributed by atoms with Crippen LogP contribution in [0.2, 0.25) is 0 Å². The Balaban J connectivity index is 0.844. The lowest BCUT2D eigenvalue weighted by Gasteiger charge is -2.71. The van der Waals surface area contributed by atoms with E-state index in [1.165, 1.54) is 6.92 Å². The fraction of sp³-hybridized carbons (Fsp3) is 0.930. The van der Waals surface area contributed by atoms with E-state index in [1.807, 2.05) is 0 Å². The maximum atomic E-state index is 15.4. The Kier molecular flexibility index (Phi) is 17.7. The predicted molar refractivity (Wildman–Crippen MR) is 278 cm³/mol. The number of aliphatic hydroxyl groups is 13. The van der Waals surface area contributed by atoms with Gasteiger partial charge in [-0.2, -0.15) is 0 Å². The molecule has 9 fully saturated rings. The second-order valence-corrected chi connectivity index (χ2v) is 27.9. The molecule has 0 unspecified atom stereocenters. The van der Waals surface area contributed by atoms with E-state index in [9.17, 15) is 76.3 Å². The standard InChI is InChI=1S/C57H90O26/c1-22-41(79-47-40(70)42(27(60)21-75-47)80-46-37(67)32(62)25(58)19-74-46)36(66)39(69)48(77-22)82-44-33(63)26(59)20-76-50(44)83-51(73)57-16-15-52(2,3)17-24(57)23-9-10-29-54(6)13-12-31(78-49-38(68)34(64)35(65)43(81-49)45(71)72)53(4,5)28(54)11-14-55(29,7)56(23,8)18-30(57)61/h9,22,24-44,46-50,58-70H,10-21H2,1-8H3,(H,71,72)/t22-,24-,25+,26+,27+,28-,29+,30+,31-,32-,33+,34-,35-,36-,37+,38+,39+,40+,41-,42-,43-,44-,46-,47-,48-,49+,50+,54-,55+,56+,57+/m0/s1. The molecule has 5 heterocycles. The summed E-state index contributed by atoms with van der Waals surface area (Å²) in [5, 5.41) is 152. The molecule has 0 spiro atoms. The first kappa shape index (κ1) is 63.8. The van der Waals surface area contributed by atoms with Crippen LogP contribution in [0.25, 0.3) is 0 Å². The smallest absolute Gasteiger partial charge is 0.335 e. The number of ether oxygens (including phenoxy) is 10. The summed E-state index contributed by atoms with van der Waals surface area (Å²) < 4.78 is 58.7. The highest BCUT2D eigenvalue weighted by Gasteiger charge is 2.72. The van der Waals surface area contributed by atoms with Crippen molar-refractivity contribution in [3.05, 3.63) is 11.6 Å². The lowest BCUT2D eigenvalue weighted by molar-refractivity contribution is -0.375. The quantitative estimate of drug-likeness (QED) is 0.0593. The number of carboxylic acid groups (broad SMARTS) is 1. The van der Waals surface area contributed by atoms with Crippen molar-refractivity contribution in [1.29, 1.82) is 0 Å². The number of aliphatic hydroxyl groups excluding tert-OH is 13. The van der Waals surface area contributed by atoms with Gasteiger partial charge in [0.25, 0.3) is 0 Å². The second kappa shape index (κ2) is 23.0. The van der Waals surface area contributed by atoms with Crippen molar-refractivity contribution in [2.45, 2.75) is 261 Å². The Bertz CT molecular complexity index is 2380. The number of hydrogen-bond acceptors (Lipinski definition) is 25. The van der Waals surface area contributed by atoms with E-state index >= 15 is 4.79 Å². The molecule has 0 bridgehead atoms. The van der Waals surface area contributed by atoms with Crippen LogP contribution in [0.1, 0.15) is 113 Å². The summed E-state index contributed by atoms with van der Waals surface area (Å²) in [6.07, 6.45) is -31.1. The molecule has 4 saturated carbocycles. The summed E-state index contributed by atoms with van der Waals surface area (Å²) in [7, 11) is 0. The number of fused-ring (bicyclic) bond motifs is 7. The van der Waals surface area contributed by atoms with E-state index < -0.39 is 207 Å². The number of hydrogen-bond donors (Lipinski definition) is 14. The molecule has 474 valence electrons. The molecule has 14 N–H and O–H groups in total. The van der Waals surface area contributed by atoms with Crippen LogP contribution >= 0.6 is 0 Å². The SMILES string of the molecule is C[C@@H]1O[C@@H](O[C@@H]2[C@@H](OC(=O)[C@]34CCC(C)(C)C[C@H]3C3=CC[C@@H]5[C@@]6(C)CC[C@H](O[C@@H]7O[C@H](C(=O)O)[C@@H](O)[C@H](O)[C@H]7O)C(C)(C)[C@@H]6CC[C@@]5(C)[C@]3(C)C[C@H]4O)OC[C@@H](O)[C@H]2O)[C@H](O)[C@H](O)[C@H]1O[C@@H]1OC[C@@H](O)[C@H](O[C@@H]2OC[C@@H](O)[C@H](O)[C@H]2O)[C@H]1O. The van der Waals surface area contributed by atoms with Gasteiger partial charge in [0.2, 0.25) is 6.29 Å². The van der Waals surface area contributed by atoms with Gasteiger partial charge in [0.15, 0.2) is 37.4 Å². The number of carbonyl (C=O) groups is 2. The van der Waals surface area contributed by atoms with Gasteiger partial charge in [-0.3, -0.25) is 4.79 Å². The molecule has 10 aliphatic rings. The van der Waals surface area contributed by atoms with Crippen LogP contribution in [-0.2, 0) is 57.0 Å². The summed E-state index contributed by atoms with van der Waals surface area (Å²) in [5.41, 5.74) is -2.53. The molecule has 83 heavy (non-hydrogen) atoms. The Hall–Kier alpha value is -2.20. The highest BCUT2D eigenvalue weighted by atomic mass is 16.8. The second-order valence-electron chi connectivity index (χ2n) is 27.9. The van der Waals surface area contributed by atoms with Crippen LogP contribution in [-0.4, -0.2) is 251 Å². The lowest BCUT2D eigenvalue weighted by atomic mass is 9.33. The van der Waals surface area contributed by atoms with Gasteiger partial charge in [-0.05, 0) is 110 Å². The summed E-state index contributed by atoms with van der Waals surface area (Å²) in [6, 6.07) is 0. The maximum Gasteiger partial charge on any atom is 0.335 e. The predicted octanol–water partition coefficient (Wildman–Crippen LogP) is -2.20. The van der Waals surface area contributed by atoms with E-state index in [-0.39, 0.29) is 35.5 Å². The largest absolute Gasteiger partial charge is 0.479 e. The van der Waals surface area contributed by atoms with Gasteiger partial charge in [0, 0.05) is 0 Å². The average Bonchev–Trinajstić information content (AvgIpc) is 0.895. The van der Waals surface area contributed by atoms with Crippen LogP contribution in [0.4, 0.5) is 0 Å². The summed E-state index contributed by atoms with van der Waals surface area (Å²) >= 11 is 0. The van der Waals surface area contributed by atoms with Crippen LogP contribution in [0.3, 0.4) is 0 Å². The lowest BCUT2D eigenvalue weighted by Crippen LogP contribution is -2.68. The number of allylic oxidation sites excluding steroid dienone is 2. The van der Waals surface area contributed by atoms with Crippen molar-refractivity contribution >= 4 is 11.9 Å². The molecule has 26 heteroatoms. The van der Waals surface area contributed by atoms with E-state index in [0.29, 0.717) is 32.1 Å². The third-order valence-corrected chi connectivity index (χ3v) is 22.3. The topological polar surface area (TPSA) is 410 Å². The molecular formula is C57H90O26. The number of aliphatic carboxylic acids is 1. The molecule has 5 aliphatic heterocycles. The van der Waals surface area contributed by atoms with Crippen LogP contribution in [0.5, 0.6) is 0 Å². The van der Waals surface area contributed by atoms with Gasteiger partial charge >= 0.3 is 11.9 Å². The van der Waals surface area contributed by atoms with Crippen molar-refractivity contribution in [3.63, 3.8) is 0 Å². The number of carboxylic acids is 1. The minimum atomic E-state index is -1.96. The van der Waals surface area contributed by atoms with Gasteiger partial charge < -0.3 is 119 Å². The van der Waals surface area contributed by atoms with Crippen LogP contribution < -0.4 is 0 Å². The zero-order chi connectivity index (χ0) is 60.6. The molecule has 0 amide bonds. The van der Waals surface area contributed by atoms with Crippen LogP contribution in [0.15, 0.2) is 11.6 Å². The highest BCUT2D eigenvalue weighted by Crippen LogP contribution is 2.76. The molecule has 26 nitrogen and oxygen atoms in total. The van der Waals surface area contributed by atoms with Crippen molar-refractivity contribution in [2.24, 2.45) is 50.2 Å². The van der Waals surface area contributed by atoms with Gasteiger partial charge in [-0.1, -0.05) is 60.1 Å². The highest BCUT2D eigenvalue weighted by molar-refractivity contribution is 5.80. The monoisotopic (exact) mass is 1190 g/mol. The van der Waals surface area contributed by atoms with Crippen molar-refractivity contribution < 1.29 is 128 Å². The summed E-state index contributed by atoms with van der Waals surface area (Å²) in [4.78, 5) is 27.4. The van der Waals surface area contributed by atoms with Gasteiger partial charge in [-0.25, -0.2) is 4.79 Å². The molecular weight excluding hydrogens is 1100 g/mol. The minimum absolute atomic E-state index is 0.0683. The molecule has 5 aliphatic carbocycles. The first-order chi connectivity index (χ1) is 38.7. The third kappa shape index (κ3) is 10.6. The van der Waals surface area contributed by atoms with Crippen molar-refractivity contribution in [3.8, 4) is 0 Å². The van der Waals surface area contributed by atoms with E-state index in [0.717, 1.165) is 18.4 Å². The van der Waals surface area contributed by atoms with E-state index in [2.05, 4.69) is 54.5 Å².